The average Bonchev–Trinajstić information content (AvgIpc) is 2.58. The van der Waals surface area contributed by atoms with Crippen LogP contribution in [0.3, 0.4) is 0 Å². The van der Waals surface area contributed by atoms with Crippen molar-refractivity contribution < 1.29 is 8.42 Å². The molecule has 1 heterocycles. The fourth-order valence-corrected chi connectivity index (χ4v) is 3.39. The summed E-state index contributed by atoms with van der Waals surface area (Å²) in [5.41, 5.74) is 2.03. The highest BCUT2D eigenvalue weighted by Crippen LogP contribution is 2.24. The summed E-state index contributed by atoms with van der Waals surface area (Å²) in [6.45, 7) is 2.70. The maximum absolute atomic E-state index is 11.6. The molecule has 82 valence electrons. The molecule has 2 rings (SSSR count). The van der Waals surface area contributed by atoms with Crippen molar-refractivity contribution in [2.75, 3.05) is 16.6 Å². The minimum Gasteiger partial charge on any atom is -0.270 e. The summed E-state index contributed by atoms with van der Waals surface area (Å²) in [6.07, 6.45) is 1.71. The maximum Gasteiger partial charge on any atom is 0.235 e. The summed E-state index contributed by atoms with van der Waals surface area (Å²) in [4.78, 5) is 0. The Morgan fingerprint density at radius 1 is 1.27 bits per heavy atom. The predicted octanol–water partition coefficient (Wildman–Crippen LogP) is 1.79. The topological polar surface area (TPSA) is 37.4 Å². The maximum atomic E-state index is 11.6. The number of hydrogen-bond donors (Lipinski definition) is 0. The molecule has 1 aliphatic rings. The van der Waals surface area contributed by atoms with E-state index in [1.165, 1.54) is 9.87 Å². The molecule has 0 radical (unpaired) electrons. The van der Waals surface area contributed by atoms with Gasteiger partial charge in [0.2, 0.25) is 10.0 Å². The van der Waals surface area contributed by atoms with Crippen LogP contribution in [-0.2, 0) is 16.4 Å². The van der Waals surface area contributed by atoms with Gasteiger partial charge < -0.3 is 0 Å². The summed E-state index contributed by atoms with van der Waals surface area (Å²) in [5.74, 6) is 0.280. The number of hydrogen-bond acceptors (Lipinski definition) is 2. The molecule has 0 N–H and O–H groups in total. The van der Waals surface area contributed by atoms with Crippen LogP contribution in [0.2, 0.25) is 0 Å². The second-order valence-electron chi connectivity index (χ2n) is 3.76. The van der Waals surface area contributed by atoms with E-state index in [1.54, 1.807) is 0 Å². The van der Waals surface area contributed by atoms with Crippen molar-refractivity contribution in [1.29, 1.82) is 0 Å². The number of anilines is 1. The molecule has 0 spiro atoms. The minimum atomic E-state index is -3.03. The summed E-state index contributed by atoms with van der Waals surface area (Å²) >= 11 is 0. The zero-order chi connectivity index (χ0) is 10.9. The van der Waals surface area contributed by atoms with Crippen LogP contribution in [-0.4, -0.2) is 20.7 Å². The lowest BCUT2D eigenvalue weighted by atomic mass is 10.1. The van der Waals surface area contributed by atoms with Gasteiger partial charge in [0.1, 0.15) is 0 Å². The molecule has 4 heteroatoms. The van der Waals surface area contributed by atoms with Crippen molar-refractivity contribution in [1.82, 2.24) is 0 Å². The van der Waals surface area contributed by atoms with Crippen molar-refractivity contribution in [2.24, 2.45) is 0 Å². The van der Waals surface area contributed by atoms with E-state index in [1.807, 2.05) is 24.3 Å². The van der Waals surface area contributed by atoms with Crippen molar-refractivity contribution in [3.05, 3.63) is 29.8 Å². The molecule has 1 saturated heterocycles. The second-order valence-corrected chi connectivity index (χ2v) is 5.77. The number of rotatable bonds is 2. The Kier molecular flexibility index (Phi) is 2.69. The Labute approximate surface area is 90.8 Å². The van der Waals surface area contributed by atoms with E-state index in [-0.39, 0.29) is 5.75 Å². The molecule has 0 saturated carbocycles. The lowest BCUT2D eigenvalue weighted by Gasteiger charge is -2.16. The molecule has 1 fully saturated rings. The monoisotopic (exact) mass is 225 g/mol. The summed E-state index contributed by atoms with van der Waals surface area (Å²) in [5, 5.41) is 0. The van der Waals surface area contributed by atoms with Gasteiger partial charge in [-0.1, -0.05) is 19.1 Å². The average molecular weight is 225 g/mol. The Balaban J connectivity index is 2.30. The fraction of sp³-hybridized carbons (Fsp3) is 0.455. The van der Waals surface area contributed by atoms with E-state index in [0.29, 0.717) is 6.54 Å². The van der Waals surface area contributed by atoms with Crippen LogP contribution in [0, 0.1) is 0 Å². The first-order valence-corrected chi connectivity index (χ1v) is 6.84. The van der Waals surface area contributed by atoms with Crippen LogP contribution in [0.15, 0.2) is 24.3 Å². The van der Waals surface area contributed by atoms with E-state index in [0.717, 1.165) is 18.5 Å². The summed E-state index contributed by atoms with van der Waals surface area (Å²) < 4.78 is 24.8. The Hall–Kier alpha value is -1.03. The van der Waals surface area contributed by atoms with E-state index in [9.17, 15) is 8.42 Å². The summed E-state index contributed by atoms with van der Waals surface area (Å²) in [7, 11) is -3.03. The van der Waals surface area contributed by atoms with E-state index in [2.05, 4.69) is 6.92 Å². The van der Waals surface area contributed by atoms with Gasteiger partial charge in [0.25, 0.3) is 0 Å². The highest BCUT2D eigenvalue weighted by molar-refractivity contribution is 7.93. The van der Waals surface area contributed by atoms with E-state index < -0.39 is 10.0 Å². The zero-order valence-corrected chi connectivity index (χ0v) is 9.63. The molecule has 1 aromatic rings. The van der Waals surface area contributed by atoms with Crippen molar-refractivity contribution in [2.45, 2.75) is 19.8 Å². The fourth-order valence-electron chi connectivity index (χ4n) is 1.83. The van der Waals surface area contributed by atoms with Crippen molar-refractivity contribution in [3.63, 3.8) is 0 Å². The van der Waals surface area contributed by atoms with Crippen molar-refractivity contribution >= 4 is 15.7 Å². The van der Waals surface area contributed by atoms with Gasteiger partial charge in [0.05, 0.1) is 11.4 Å². The Bertz CT molecular complexity index is 436. The first-order valence-electron chi connectivity index (χ1n) is 5.23. The third kappa shape index (κ3) is 2.00. The highest BCUT2D eigenvalue weighted by Gasteiger charge is 2.27. The summed E-state index contributed by atoms with van der Waals surface area (Å²) in [6, 6.07) is 7.76. The van der Waals surface area contributed by atoms with Gasteiger partial charge in [0, 0.05) is 6.54 Å². The smallest absolute Gasteiger partial charge is 0.235 e. The van der Waals surface area contributed by atoms with Crippen molar-refractivity contribution in [3.8, 4) is 0 Å². The molecule has 0 bridgehead atoms. The number of aryl methyl sites for hydroxylation is 1. The van der Waals surface area contributed by atoms with Gasteiger partial charge in [0.15, 0.2) is 0 Å². The molecular formula is C11H15NO2S. The SMILES string of the molecule is CCc1ccc(N2CCCS2(=O)=O)cc1. The normalized spacial score (nSPS) is 19.4. The first kappa shape index (κ1) is 10.5. The van der Waals surface area contributed by atoms with Crippen LogP contribution in [0.4, 0.5) is 5.69 Å². The molecule has 0 amide bonds. The Morgan fingerprint density at radius 3 is 2.40 bits per heavy atom. The number of sulfonamides is 1. The van der Waals surface area contributed by atoms with Gasteiger partial charge >= 0.3 is 0 Å². The molecule has 15 heavy (non-hydrogen) atoms. The first-order chi connectivity index (χ1) is 7.13. The van der Waals surface area contributed by atoms with Gasteiger partial charge in [-0.2, -0.15) is 0 Å². The molecule has 0 aromatic heterocycles. The highest BCUT2D eigenvalue weighted by atomic mass is 32.2. The molecule has 0 unspecified atom stereocenters. The molecular weight excluding hydrogens is 210 g/mol. The third-order valence-electron chi connectivity index (χ3n) is 2.73. The van der Waals surface area contributed by atoms with Crippen LogP contribution < -0.4 is 4.31 Å². The molecule has 1 aromatic carbocycles. The number of nitrogens with zero attached hydrogens (tertiary/aromatic N) is 1. The lowest BCUT2D eigenvalue weighted by molar-refractivity contribution is 0.599. The molecule has 0 atom stereocenters. The second kappa shape index (κ2) is 3.85. The lowest BCUT2D eigenvalue weighted by Crippen LogP contribution is -2.24. The van der Waals surface area contributed by atoms with Gasteiger partial charge in [-0.3, -0.25) is 4.31 Å². The molecule has 3 nitrogen and oxygen atoms in total. The number of benzene rings is 1. The van der Waals surface area contributed by atoms with Crippen LogP contribution in [0.25, 0.3) is 0 Å². The molecule has 1 aliphatic heterocycles. The van der Waals surface area contributed by atoms with Gasteiger partial charge in [-0.25, -0.2) is 8.42 Å². The molecule has 0 aliphatic carbocycles. The van der Waals surface area contributed by atoms with E-state index in [4.69, 9.17) is 0 Å². The third-order valence-corrected chi connectivity index (χ3v) is 4.60. The standard InChI is InChI=1S/C11H15NO2S/c1-2-10-4-6-11(7-5-10)12-8-3-9-15(12,13)14/h4-7H,2-3,8-9H2,1H3. The van der Waals surface area contributed by atoms with Gasteiger partial charge in [-0.05, 0) is 30.5 Å². The van der Waals surface area contributed by atoms with E-state index >= 15 is 0 Å². The minimum absolute atomic E-state index is 0.280. The Morgan fingerprint density at radius 2 is 1.93 bits per heavy atom. The van der Waals surface area contributed by atoms with Gasteiger partial charge in [-0.15, -0.1) is 0 Å². The predicted molar refractivity (Wildman–Crippen MR) is 61.6 cm³/mol. The van der Waals surface area contributed by atoms with Crippen LogP contribution in [0.1, 0.15) is 18.9 Å². The largest absolute Gasteiger partial charge is 0.270 e. The van der Waals surface area contributed by atoms with Crippen LogP contribution in [0.5, 0.6) is 0 Å². The van der Waals surface area contributed by atoms with Crippen LogP contribution >= 0.6 is 0 Å². The zero-order valence-electron chi connectivity index (χ0n) is 8.81. The quantitative estimate of drug-likeness (QED) is 0.769.